The number of allylic oxidation sites excluding steroid dienone is 2. The van der Waals surface area contributed by atoms with Crippen LogP contribution in [0.2, 0.25) is 0 Å². The van der Waals surface area contributed by atoms with Crippen LogP contribution in [0.25, 0.3) is 49.0 Å². The Morgan fingerprint density at radius 2 is 1.60 bits per heavy atom. The molecule has 3 heterocycles. The SMILES string of the molecule is CCC(CC)C(=O)/C=C(\O)C(CC)CC.Cc1c2ccccc2n2c3cncnc3c3[c-]c4ccccc4cc3c12.[Ir]. The first-order valence-corrected chi connectivity index (χ1v) is 14.7. The number of ketones is 1. The van der Waals surface area contributed by atoms with Crippen LogP contribution in [0.15, 0.2) is 79.0 Å². The first-order chi connectivity index (χ1) is 19.9. The number of para-hydroxylation sites is 1. The number of hydrogen-bond donors (Lipinski definition) is 1. The number of hydrogen-bond acceptors (Lipinski definition) is 4. The number of rotatable bonds is 7. The van der Waals surface area contributed by atoms with Crippen molar-refractivity contribution in [2.24, 2.45) is 11.8 Å². The van der Waals surface area contributed by atoms with Crippen LogP contribution in [0.1, 0.15) is 58.9 Å². The summed E-state index contributed by atoms with van der Waals surface area (Å²) in [6.45, 7) is 10.3. The summed E-state index contributed by atoms with van der Waals surface area (Å²) in [6, 6.07) is 22.8. The number of carbonyl (C=O) groups excluding carboxylic acids is 1. The van der Waals surface area contributed by atoms with Gasteiger partial charge in [-0.05, 0) is 44.2 Å². The molecule has 0 fully saturated rings. The Bertz CT molecular complexity index is 1900. The molecule has 5 nitrogen and oxygen atoms in total. The van der Waals surface area contributed by atoms with E-state index in [0.717, 1.165) is 47.5 Å². The Labute approximate surface area is 261 Å². The number of fused-ring (bicyclic) bond motifs is 9. The molecule has 0 bridgehead atoms. The molecule has 1 N–H and O–H groups in total. The number of carbonyl (C=O) groups is 1. The van der Waals surface area contributed by atoms with Gasteiger partial charge in [-0.3, -0.25) is 9.78 Å². The molecule has 0 spiro atoms. The van der Waals surface area contributed by atoms with Crippen molar-refractivity contribution in [3.8, 4) is 0 Å². The van der Waals surface area contributed by atoms with Gasteiger partial charge in [0, 0.05) is 60.6 Å². The van der Waals surface area contributed by atoms with Gasteiger partial charge in [-0.2, -0.15) is 0 Å². The van der Waals surface area contributed by atoms with E-state index in [4.69, 9.17) is 0 Å². The minimum Gasteiger partial charge on any atom is -0.512 e. The number of aromatic nitrogens is 3. The molecule has 6 rings (SSSR count). The number of nitrogens with zero attached hydrogens (tertiary/aromatic N) is 3. The predicted octanol–water partition coefficient (Wildman–Crippen LogP) is 9.32. The molecule has 0 amide bonds. The summed E-state index contributed by atoms with van der Waals surface area (Å²) in [5.74, 6) is 0.547. The van der Waals surface area contributed by atoms with Gasteiger partial charge < -0.3 is 9.51 Å². The fourth-order valence-electron chi connectivity index (χ4n) is 5.97. The second-order valence-corrected chi connectivity index (χ2v) is 10.7. The standard InChI is InChI=1S/C23H14N3.C13H24O2.Ir/c1-14-17-8-4-5-9-20(17)26-21-12-24-13-25-22(21)18-10-15-6-2-3-7-16(15)11-19(18)23(14)26;1-5-10(6-2)12(14)9-13(15)11(7-3)8-4;/h2-9,11-13H,1H3;9-11,14H,5-8H2,1-4H3;/q-1;;/b;12-9-;. The zero-order valence-corrected chi connectivity index (χ0v) is 27.3. The van der Waals surface area contributed by atoms with Gasteiger partial charge in [0.25, 0.3) is 0 Å². The quantitative estimate of drug-likeness (QED) is 0.0584. The van der Waals surface area contributed by atoms with Crippen LogP contribution < -0.4 is 0 Å². The third-order valence-electron chi connectivity index (χ3n) is 8.43. The number of pyridine rings is 1. The van der Waals surface area contributed by atoms with Crippen LogP contribution in [-0.4, -0.2) is 25.3 Å². The maximum absolute atomic E-state index is 11.7. The first-order valence-electron chi connectivity index (χ1n) is 14.7. The van der Waals surface area contributed by atoms with E-state index in [1.54, 1.807) is 6.33 Å². The zero-order valence-electron chi connectivity index (χ0n) is 24.9. The van der Waals surface area contributed by atoms with Gasteiger partial charge in [0.2, 0.25) is 0 Å². The van der Waals surface area contributed by atoms with Crippen LogP contribution >= 0.6 is 0 Å². The fraction of sp³-hybridized carbons (Fsp3) is 0.306. The second kappa shape index (κ2) is 13.6. The van der Waals surface area contributed by atoms with E-state index in [1.165, 1.54) is 38.8 Å². The number of benzene rings is 3. The van der Waals surface area contributed by atoms with Crippen molar-refractivity contribution in [1.82, 2.24) is 14.4 Å². The summed E-state index contributed by atoms with van der Waals surface area (Å²) in [6.07, 6.45) is 8.43. The third kappa shape index (κ3) is 5.71. The van der Waals surface area contributed by atoms with Crippen LogP contribution in [0.4, 0.5) is 0 Å². The van der Waals surface area contributed by atoms with Crippen molar-refractivity contribution in [2.75, 3.05) is 0 Å². The molecule has 0 saturated heterocycles. The summed E-state index contributed by atoms with van der Waals surface area (Å²) in [4.78, 5) is 20.6. The van der Waals surface area contributed by atoms with E-state index in [-0.39, 0.29) is 43.5 Å². The average Bonchev–Trinajstić information content (AvgIpc) is 3.30. The number of aryl methyl sites for hydroxylation is 1. The summed E-state index contributed by atoms with van der Waals surface area (Å²) >= 11 is 0. The van der Waals surface area contributed by atoms with Gasteiger partial charge >= 0.3 is 0 Å². The number of aliphatic hydroxyl groups is 1. The van der Waals surface area contributed by atoms with E-state index in [1.807, 2.05) is 33.9 Å². The van der Waals surface area contributed by atoms with Crippen LogP contribution in [0.3, 0.4) is 0 Å². The van der Waals surface area contributed by atoms with Crippen molar-refractivity contribution in [2.45, 2.75) is 60.3 Å². The van der Waals surface area contributed by atoms with Crippen molar-refractivity contribution in [1.29, 1.82) is 0 Å². The van der Waals surface area contributed by atoms with Crippen molar-refractivity contribution < 1.29 is 30.0 Å². The Balaban J connectivity index is 0.000000221. The smallest absolute Gasteiger partial charge is 0.162 e. The Hall–Kier alpha value is -3.60. The minimum atomic E-state index is 0. The third-order valence-corrected chi connectivity index (χ3v) is 8.43. The maximum atomic E-state index is 11.7. The largest absolute Gasteiger partial charge is 0.512 e. The molecular formula is C36H38IrN3O2-. The Kier molecular flexibility index (Phi) is 10.1. The van der Waals surface area contributed by atoms with Gasteiger partial charge in [-0.1, -0.05) is 80.3 Å². The molecule has 42 heavy (non-hydrogen) atoms. The normalized spacial score (nSPS) is 11.9. The van der Waals surface area contributed by atoms with Crippen molar-refractivity contribution in [3.63, 3.8) is 0 Å². The second-order valence-electron chi connectivity index (χ2n) is 10.7. The van der Waals surface area contributed by atoms with Crippen LogP contribution in [-0.2, 0) is 24.9 Å². The molecule has 3 aromatic carbocycles. The van der Waals surface area contributed by atoms with Crippen LogP contribution in [0.5, 0.6) is 0 Å². The van der Waals surface area contributed by atoms with Gasteiger partial charge in [-0.25, -0.2) is 4.98 Å². The van der Waals surface area contributed by atoms with Gasteiger partial charge in [-0.15, -0.1) is 23.6 Å². The summed E-state index contributed by atoms with van der Waals surface area (Å²) < 4.78 is 2.30. The van der Waals surface area contributed by atoms with Crippen LogP contribution in [0, 0.1) is 24.8 Å². The summed E-state index contributed by atoms with van der Waals surface area (Å²) in [5.41, 5.74) is 5.64. The molecule has 219 valence electrons. The molecule has 1 radical (unpaired) electrons. The van der Waals surface area contributed by atoms with Gasteiger partial charge in [0.05, 0.1) is 16.8 Å². The molecule has 6 aromatic rings. The molecule has 0 unspecified atom stereocenters. The zero-order chi connectivity index (χ0) is 29.1. The van der Waals surface area contributed by atoms with E-state index in [0.29, 0.717) is 0 Å². The molecule has 0 aliphatic rings. The molecule has 0 atom stereocenters. The van der Waals surface area contributed by atoms with Gasteiger partial charge in [0.15, 0.2) is 5.78 Å². The Morgan fingerprint density at radius 3 is 2.31 bits per heavy atom. The average molecular weight is 737 g/mol. The number of aliphatic hydroxyl groups excluding tert-OH is 1. The first kappa shape index (κ1) is 31.3. The van der Waals surface area contributed by atoms with E-state index in [9.17, 15) is 9.90 Å². The monoisotopic (exact) mass is 737 g/mol. The van der Waals surface area contributed by atoms with E-state index in [2.05, 4.69) is 82.0 Å². The van der Waals surface area contributed by atoms with Crippen molar-refractivity contribution in [3.05, 3.63) is 90.6 Å². The molecular weight excluding hydrogens is 699 g/mol. The molecule has 6 heteroatoms. The van der Waals surface area contributed by atoms with E-state index >= 15 is 0 Å². The van der Waals surface area contributed by atoms with Gasteiger partial charge in [0.1, 0.15) is 6.33 Å². The topological polar surface area (TPSA) is 67.5 Å². The fourth-order valence-corrected chi connectivity index (χ4v) is 5.97. The van der Waals surface area contributed by atoms with Crippen molar-refractivity contribution >= 4 is 54.8 Å². The maximum Gasteiger partial charge on any atom is 0.162 e. The van der Waals surface area contributed by atoms with E-state index < -0.39 is 0 Å². The molecule has 0 saturated carbocycles. The predicted molar refractivity (Wildman–Crippen MR) is 170 cm³/mol. The Morgan fingerprint density at radius 1 is 0.929 bits per heavy atom. The summed E-state index contributed by atoms with van der Waals surface area (Å²) in [7, 11) is 0. The minimum absolute atomic E-state index is 0. The summed E-state index contributed by atoms with van der Waals surface area (Å²) in [5, 5.41) is 15.6. The molecule has 3 aromatic heterocycles. The molecule has 0 aliphatic carbocycles. The molecule has 0 aliphatic heterocycles.